The lowest BCUT2D eigenvalue weighted by Gasteiger charge is -2.17. The Morgan fingerprint density at radius 2 is 1.70 bits per heavy atom. The lowest BCUT2D eigenvalue weighted by molar-refractivity contribution is -0.113. The number of hydrogen-bond acceptors (Lipinski definition) is 6. The van der Waals surface area contributed by atoms with Crippen LogP contribution in [-0.4, -0.2) is 25.2 Å². The zero-order valence-electron chi connectivity index (χ0n) is 18.2. The maximum Gasteiger partial charge on any atom is 0.274 e. The molecule has 0 N–H and O–H groups in total. The van der Waals surface area contributed by atoms with E-state index in [4.69, 9.17) is 9.73 Å². The van der Waals surface area contributed by atoms with E-state index in [1.807, 2.05) is 80.7 Å². The first-order chi connectivity index (χ1) is 15.9. The van der Waals surface area contributed by atoms with Gasteiger partial charge in [0.25, 0.3) is 5.91 Å². The largest absolute Gasteiger partial charge is 0.497 e. The number of aryl methyl sites for hydroxylation is 1. The van der Waals surface area contributed by atoms with Gasteiger partial charge in [-0.2, -0.15) is 0 Å². The number of rotatable bonds is 3. The van der Waals surface area contributed by atoms with Gasteiger partial charge >= 0.3 is 0 Å². The summed E-state index contributed by atoms with van der Waals surface area (Å²) < 4.78 is 6.37. The SMILES string of the molecule is COc1ccc2c(c1)N(C)C(=C1SC(=Nc3ccc(Br)cc3)N(c3ccc(C)cc3)C1=O)S2. The molecule has 5 rings (SSSR count). The Morgan fingerprint density at radius 1 is 0.970 bits per heavy atom. The summed E-state index contributed by atoms with van der Waals surface area (Å²) in [6.45, 7) is 2.03. The maximum atomic E-state index is 13.7. The molecule has 0 radical (unpaired) electrons. The van der Waals surface area contributed by atoms with E-state index in [9.17, 15) is 4.79 Å². The smallest absolute Gasteiger partial charge is 0.274 e. The first-order valence-corrected chi connectivity index (χ1v) is 12.6. The first-order valence-electron chi connectivity index (χ1n) is 10.2. The van der Waals surface area contributed by atoms with Gasteiger partial charge in [0, 0.05) is 22.5 Å². The number of halogens is 1. The molecule has 0 unspecified atom stereocenters. The molecule has 0 bridgehead atoms. The van der Waals surface area contributed by atoms with E-state index >= 15 is 0 Å². The van der Waals surface area contributed by atoms with E-state index < -0.39 is 0 Å². The minimum absolute atomic E-state index is 0.0752. The topological polar surface area (TPSA) is 45.1 Å². The van der Waals surface area contributed by atoms with E-state index in [1.54, 1.807) is 23.8 Å². The summed E-state index contributed by atoms with van der Waals surface area (Å²) >= 11 is 6.47. The highest BCUT2D eigenvalue weighted by atomic mass is 79.9. The third kappa shape index (κ3) is 4.18. The average Bonchev–Trinajstić information content (AvgIpc) is 3.31. The molecule has 1 fully saturated rings. The predicted molar refractivity (Wildman–Crippen MR) is 142 cm³/mol. The van der Waals surface area contributed by atoms with Crippen molar-refractivity contribution in [1.29, 1.82) is 0 Å². The van der Waals surface area contributed by atoms with E-state index in [0.717, 1.165) is 42.8 Å². The van der Waals surface area contributed by atoms with E-state index in [0.29, 0.717) is 10.1 Å². The van der Waals surface area contributed by atoms with Crippen molar-refractivity contribution in [2.75, 3.05) is 24.0 Å². The molecule has 0 aliphatic carbocycles. The number of anilines is 2. The van der Waals surface area contributed by atoms with Crippen molar-refractivity contribution >= 4 is 67.6 Å². The number of fused-ring (bicyclic) bond motifs is 1. The van der Waals surface area contributed by atoms with Gasteiger partial charge in [-0.05, 0) is 67.2 Å². The summed E-state index contributed by atoms with van der Waals surface area (Å²) in [6.07, 6.45) is 0. The van der Waals surface area contributed by atoms with Gasteiger partial charge in [-0.15, -0.1) is 0 Å². The van der Waals surface area contributed by atoms with Crippen molar-refractivity contribution in [2.45, 2.75) is 11.8 Å². The molecule has 166 valence electrons. The van der Waals surface area contributed by atoms with Crippen LogP contribution in [0.3, 0.4) is 0 Å². The van der Waals surface area contributed by atoms with Gasteiger partial charge in [0.2, 0.25) is 0 Å². The third-order valence-corrected chi connectivity index (χ3v) is 8.28. The number of carbonyl (C=O) groups excluding carboxylic acids is 1. The Labute approximate surface area is 209 Å². The minimum atomic E-state index is -0.0752. The van der Waals surface area contributed by atoms with Gasteiger partial charge < -0.3 is 9.64 Å². The third-order valence-electron chi connectivity index (χ3n) is 5.36. The normalized spacial score (nSPS) is 18.9. The van der Waals surface area contributed by atoms with Crippen LogP contribution in [0.2, 0.25) is 0 Å². The molecule has 2 aliphatic heterocycles. The lowest BCUT2D eigenvalue weighted by Crippen LogP contribution is -2.29. The number of hydrogen-bond donors (Lipinski definition) is 0. The lowest BCUT2D eigenvalue weighted by atomic mass is 10.2. The van der Waals surface area contributed by atoms with Crippen molar-refractivity contribution in [3.63, 3.8) is 0 Å². The quantitative estimate of drug-likeness (QED) is 0.338. The molecular weight excluding hydrogens is 518 g/mol. The van der Waals surface area contributed by atoms with Crippen LogP contribution in [-0.2, 0) is 4.79 Å². The van der Waals surface area contributed by atoms with Crippen molar-refractivity contribution in [2.24, 2.45) is 4.99 Å². The molecule has 2 heterocycles. The molecule has 1 amide bonds. The van der Waals surface area contributed by atoms with Gasteiger partial charge in [0.1, 0.15) is 10.7 Å². The summed E-state index contributed by atoms with van der Waals surface area (Å²) in [5.41, 5.74) is 3.75. The van der Waals surface area contributed by atoms with Crippen molar-refractivity contribution in [1.82, 2.24) is 0 Å². The monoisotopic (exact) mass is 537 g/mol. The first kappa shape index (κ1) is 22.1. The van der Waals surface area contributed by atoms with Crippen LogP contribution in [0.25, 0.3) is 0 Å². The van der Waals surface area contributed by atoms with Crippen LogP contribution >= 0.6 is 39.5 Å². The number of methoxy groups -OCH3 is 1. The minimum Gasteiger partial charge on any atom is -0.497 e. The number of benzene rings is 3. The zero-order chi connectivity index (χ0) is 23.1. The van der Waals surface area contributed by atoms with Crippen LogP contribution < -0.4 is 14.5 Å². The highest BCUT2D eigenvalue weighted by Gasteiger charge is 2.40. The number of aliphatic imine (C=N–C) groups is 1. The maximum absolute atomic E-state index is 13.7. The summed E-state index contributed by atoms with van der Waals surface area (Å²) in [6, 6.07) is 21.7. The highest BCUT2D eigenvalue weighted by molar-refractivity contribution is 9.10. The average molecular weight is 538 g/mol. The second-order valence-corrected chi connectivity index (χ2v) is 10.5. The van der Waals surface area contributed by atoms with Crippen LogP contribution in [0, 0.1) is 6.92 Å². The van der Waals surface area contributed by atoms with Gasteiger partial charge in [-0.1, -0.05) is 45.4 Å². The zero-order valence-corrected chi connectivity index (χ0v) is 21.4. The Morgan fingerprint density at radius 3 is 2.39 bits per heavy atom. The Balaban J connectivity index is 1.59. The van der Waals surface area contributed by atoms with Gasteiger partial charge in [-0.3, -0.25) is 9.69 Å². The fourth-order valence-corrected chi connectivity index (χ4v) is 6.17. The molecular formula is C25H20BrN3O2S2. The molecule has 0 saturated carbocycles. The molecule has 33 heavy (non-hydrogen) atoms. The van der Waals surface area contributed by atoms with E-state index in [1.165, 1.54) is 11.8 Å². The van der Waals surface area contributed by atoms with Gasteiger partial charge in [0.15, 0.2) is 5.17 Å². The molecule has 5 nitrogen and oxygen atoms in total. The standard InChI is InChI=1S/C25H20BrN3O2S2/c1-15-4-10-18(11-5-15)29-23(30)22(33-25(29)27-17-8-6-16(26)7-9-17)24-28(2)20-14-19(31-3)12-13-21(20)32-24/h4-14H,1-3H3. The molecule has 1 saturated heterocycles. The molecule has 3 aromatic carbocycles. The summed E-state index contributed by atoms with van der Waals surface area (Å²) in [5.74, 6) is 0.713. The van der Waals surface area contributed by atoms with Crippen LogP contribution in [0.15, 0.2) is 91.0 Å². The number of thioether (sulfide) groups is 2. The van der Waals surface area contributed by atoms with Crippen LogP contribution in [0.5, 0.6) is 5.75 Å². The molecule has 8 heteroatoms. The van der Waals surface area contributed by atoms with Gasteiger partial charge in [-0.25, -0.2) is 4.99 Å². The second-order valence-electron chi connectivity index (χ2n) is 7.58. The number of amidine groups is 1. The molecule has 2 aliphatic rings. The van der Waals surface area contributed by atoms with Crippen molar-refractivity contribution < 1.29 is 9.53 Å². The Bertz CT molecular complexity index is 1300. The number of ether oxygens (including phenoxy) is 1. The number of amides is 1. The van der Waals surface area contributed by atoms with Crippen molar-refractivity contribution in [3.05, 3.63) is 86.7 Å². The molecule has 0 spiro atoms. The Kier molecular flexibility index (Phi) is 5.99. The predicted octanol–water partition coefficient (Wildman–Crippen LogP) is 6.94. The summed E-state index contributed by atoms with van der Waals surface area (Å²) in [5, 5.41) is 1.53. The van der Waals surface area contributed by atoms with E-state index in [-0.39, 0.29) is 5.91 Å². The van der Waals surface area contributed by atoms with Crippen LogP contribution in [0.1, 0.15) is 5.56 Å². The van der Waals surface area contributed by atoms with E-state index in [2.05, 4.69) is 20.8 Å². The van der Waals surface area contributed by atoms with Crippen molar-refractivity contribution in [3.8, 4) is 5.75 Å². The van der Waals surface area contributed by atoms with Crippen LogP contribution in [0.4, 0.5) is 17.1 Å². The summed E-state index contributed by atoms with van der Waals surface area (Å²) in [7, 11) is 3.64. The fourth-order valence-electron chi connectivity index (χ4n) is 3.58. The molecule has 0 atom stereocenters. The fraction of sp³-hybridized carbons (Fsp3) is 0.120. The second kappa shape index (κ2) is 8.93. The molecule has 3 aromatic rings. The summed E-state index contributed by atoms with van der Waals surface area (Å²) in [4.78, 5) is 24.1. The number of nitrogens with zero attached hydrogens (tertiary/aromatic N) is 3. The highest BCUT2D eigenvalue weighted by Crippen LogP contribution is 2.51. The number of carbonyl (C=O) groups is 1. The Hall–Kier alpha value is -2.68. The van der Waals surface area contributed by atoms with Gasteiger partial charge in [0.05, 0.1) is 29.2 Å². The molecule has 0 aromatic heterocycles.